The molecule has 2 unspecified atom stereocenters. The second-order valence-corrected chi connectivity index (χ2v) is 4.37. The summed E-state index contributed by atoms with van der Waals surface area (Å²) >= 11 is 0. The van der Waals surface area contributed by atoms with Gasteiger partial charge in [-0.05, 0) is 44.5 Å². The van der Waals surface area contributed by atoms with E-state index in [0.29, 0.717) is 12.1 Å². The van der Waals surface area contributed by atoms with E-state index in [1.807, 2.05) is 13.2 Å². The monoisotopic (exact) mass is 207 g/mol. The maximum Gasteiger partial charge on any atom is 0.0347 e. The van der Waals surface area contributed by atoms with Crippen LogP contribution >= 0.6 is 0 Å². The topological polar surface area (TPSA) is 39.8 Å². The molecule has 2 rings (SSSR count). The Morgan fingerprint density at radius 3 is 3.07 bits per heavy atom. The molecule has 0 bridgehead atoms. The van der Waals surface area contributed by atoms with E-state index in [1.165, 1.54) is 37.8 Å². The zero-order chi connectivity index (χ0) is 10.5. The molecule has 0 spiro atoms. The van der Waals surface area contributed by atoms with Gasteiger partial charge in [-0.25, -0.2) is 0 Å². The molecule has 3 N–H and O–H groups in total. The Kier molecular flexibility index (Phi) is 3.80. The minimum absolute atomic E-state index is 0.479. The molecule has 2 heterocycles. The summed E-state index contributed by atoms with van der Waals surface area (Å²) < 4.78 is 0. The molecule has 0 aromatic carbocycles. The van der Waals surface area contributed by atoms with E-state index < -0.39 is 0 Å². The zero-order valence-electron chi connectivity index (χ0n) is 9.42. The van der Waals surface area contributed by atoms with Crippen LogP contribution in [0.1, 0.15) is 37.3 Å². The van der Waals surface area contributed by atoms with Crippen molar-refractivity contribution in [3.63, 3.8) is 0 Å². The van der Waals surface area contributed by atoms with Gasteiger partial charge in [0.2, 0.25) is 0 Å². The van der Waals surface area contributed by atoms with Gasteiger partial charge in [0, 0.05) is 24.5 Å². The summed E-state index contributed by atoms with van der Waals surface area (Å²) in [6, 6.07) is 3.32. The molecule has 0 saturated carbocycles. The number of H-pyrrole nitrogens is 1. The maximum absolute atomic E-state index is 3.60. The van der Waals surface area contributed by atoms with Gasteiger partial charge < -0.3 is 15.6 Å². The zero-order valence-corrected chi connectivity index (χ0v) is 9.42. The van der Waals surface area contributed by atoms with Crippen LogP contribution in [0.3, 0.4) is 0 Å². The van der Waals surface area contributed by atoms with Crippen molar-refractivity contribution in [3.8, 4) is 0 Å². The highest BCUT2D eigenvalue weighted by Crippen LogP contribution is 2.21. The highest BCUT2D eigenvalue weighted by atomic mass is 14.9. The Labute approximate surface area is 91.7 Å². The van der Waals surface area contributed by atoms with Gasteiger partial charge in [-0.1, -0.05) is 6.42 Å². The Morgan fingerprint density at radius 1 is 1.53 bits per heavy atom. The minimum atomic E-state index is 0.479. The number of rotatable bonds is 4. The van der Waals surface area contributed by atoms with E-state index in [-0.39, 0.29) is 0 Å². The first kappa shape index (κ1) is 10.7. The highest BCUT2D eigenvalue weighted by Gasteiger charge is 2.18. The van der Waals surface area contributed by atoms with Crippen molar-refractivity contribution in [2.75, 3.05) is 13.6 Å². The van der Waals surface area contributed by atoms with Crippen molar-refractivity contribution in [1.82, 2.24) is 15.6 Å². The van der Waals surface area contributed by atoms with Gasteiger partial charge >= 0.3 is 0 Å². The van der Waals surface area contributed by atoms with Crippen molar-refractivity contribution >= 4 is 0 Å². The number of nitrogens with one attached hydrogen (secondary N) is 3. The Balaban J connectivity index is 1.90. The molecular formula is C12H21N3. The first-order valence-electron chi connectivity index (χ1n) is 5.93. The predicted octanol–water partition coefficient (Wildman–Crippen LogP) is 1.81. The van der Waals surface area contributed by atoms with Crippen LogP contribution in [0.2, 0.25) is 0 Å². The van der Waals surface area contributed by atoms with E-state index in [2.05, 4.69) is 27.9 Å². The molecule has 84 valence electrons. The molecular weight excluding hydrogens is 186 g/mol. The number of aromatic nitrogens is 1. The normalized spacial score (nSPS) is 23.9. The van der Waals surface area contributed by atoms with E-state index in [4.69, 9.17) is 0 Å². The fourth-order valence-electron chi connectivity index (χ4n) is 2.38. The second-order valence-electron chi connectivity index (χ2n) is 4.37. The molecule has 1 aliphatic heterocycles. The molecule has 1 aromatic heterocycles. The summed E-state index contributed by atoms with van der Waals surface area (Å²) in [7, 11) is 2.04. The summed E-state index contributed by atoms with van der Waals surface area (Å²) in [6.07, 6.45) is 9.31. The molecule has 1 aromatic rings. The Morgan fingerprint density at radius 2 is 2.47 bits per heavy atom. The third-order valence-electron chi connectivity index (χ3n) is 3.31. The summed E-state index contributed by atoms with van der Waals surface area (Å²) in [5, 5.41) is 6.99. The molecule has 0 amide bonds. The lowest BCUT2D eigenvalue weighted by molar-refractivity contribution is 0.347. The van der Waals surface area contributed by atoms with E-state index in [1.54, 1.807) is 0 Å². The van der Waals surface area contributed by atoms with Crippen molar-refractivity contribution in [2.24, 2.45) is 0 Å². The van der Waals surface area contributed by atoms with Gasteiger partial charge in [-0.2, -0.15) is 0 Å². The lowest BCUT2D eigenvalue weighted by Gasteiger charge is -2.27. The van der Waals surface area contributed by atoms with E-state index >= 15 is 0 Å². The predicted molar refractivity (Wildman–Crippen MR) is 62.9 cm³/mol. The van der Waals surface area contributed by atoms with Gasteiger partial charge in [0.05, 0.1) is 0 Å². The molecule has 0 radical (unpaired) electrons. The van der Waals surface area contributed by atoms with Crippen LogP contribution in [-0.2, 0) is 0 Å². The average Bonchev–Trinajstić information content (AvgIpc) is 2.81. The first-order valence-corrected chi connectivity index (χ1v) is 5.93. The van der Waals surface area contributed by atoms with Crippen LogP contribution in [0.25, 0.3) is 0 Å². The van der Waals surface area contributed by atoms with Gasteiger partial charge in [0.25, 0.3) is 0 Å². The molecule has 1 fully saturated rings. The first-order chi connectivity index (χ1) is 7.40. The number of piperidine rings is 1. The molecule has 1 saturated heterocycles. The molecule has 0 aliphatic carbocycles. The largest absolute Gasteiger partial charge is 0.367 e. The van der Waals surface area contributed by atoms with Crippen LogP contribution in [0.4, 0.5) is 0 Å². The third kappa shape index (κ3) is 2.83. The average molecular weight is 207 g/mol. The van der Waals surface area contributed by atoms with Crippen LogP contribution in [0.15, 0.2) is 18.5 Å². The SMILES string of the molecule is CNC(CC1CCCCN1)c1cc[nH]c1. The van der Waals surface area contributed by atoms with Gasteiger partial charge in [-0.15, -0.1) is 0 Å². The fraction of sp³-hybridized carbons (Fsp3) is 0.667. The summed E-state index contributed by atoms with van der Waals surface area (Å²) in [6.45, 7) is 1.19. The van der Waals surface area contributed by atoms with Crippen molar-refractivity contribution in [1.29, 1.82) is 0 Å². The number of aromatic amines is 1. The summed E-state index contributed by atoms with van der Waals surface area (Å²) in [5.74, 6) is 0. The standard InChI is InChI=1S/C12H21N3/c1-13-12(10-5-7-14-9-10)8-11-4-2-3-6-15-11/h5,7,9,11-15H,2-4,6,8H2,1H3. The lowest BCUT2D eigenvalue weighted by atomic mass is 9.95. The summed E-state index contributed by atoms with van der Waals surface area (Å²) in [4.78, 5) is 3.12. The van der Waals surface area contributed by atoms with Crippen LogP contribution in [0.5, 0.6) is 0 Å². The number of hydrogen-bond donors (Lipinski definition) is 3. The van der Waals surface area contributed by atoms with Gasteiger partial charge in [-0.3, -0.25) is 0 Å². The number of hydrogen-bond acceptors (Lipinski definition) is 2. The Hall–Kier alpha value is -0.800. The fourth-order valence-corrected chi connectivity index (χ4v) is 2.38. The Bertz CT molecular complexity index is 262. The van der Waals surface area contributed by atoms with E-state index in [0.717, 1.165) is 0 Å². The van der Waals surface area contributed by atoms with E-state index in [9.17, 15) is 0 Å². The van der Waals surface area contributed by atoms with Gasteiger partial charge in [0.1, 0.15) is 0 Å². The third-order valence-corrected chi connectivity index (χ3v) is 3.31. The van der Waals surface area contributed by atoms with Crippen LogP contribution < -0.4 is 10.6 Å². The second kappa shape index (κ2) is 5.33. The van der Waals surface area contributed by atoms with Crippen LogP contribution in [0, 0.1) is 0 Å². The lowest BCUT2D eigenvalue weighted by Crippen LogP contribution is -2.37. The maximum atomic E-state index is 3.60. The molecule has 3 heteroatoms. The molecule has 1 aliphatic rings. The molecule has 15 heavy (non-hydrogen) atoms. The van der Waals surface area contributed by atoms with Gasteiger partial charge in [0.15, 0.2) is 0 Å². The summed E-state index contributed by atoms with van der Waals surface area (Å²) in [5.41, 5.74) is 1.37. The minimum Gasteiger partial charge on any atom is -0.367 e. The molecule has 2 atom stereocenters. The molecule has 3 nitrogen and oxygen atoms in total. The quantitative estimate of drug-likeness (QED) is 0.704. The van der Waals surface area contributed by atoms with Crippen molar-refractivity contribution in [3.05, 3.63) is 24.0 Å². The van der Waals surface area contributed by atoms with Crippen LogP contribution in [-0.4, -0.2) is 24.6 Å². The van der Waals surface area contributed by atoms with Crippen molar-refractivity contribution in [2.45, 2.75) is 37.8 Å². The highest BCUT2D eigenvalue weighted by molar-refractivity contribution is 5.14. The van der Waals surface area contributed by atoms with Crippen molar-refractivity contribution < 1.29 is 0 Å². The smallest absolute Gasteiger partial charge is 0.0347 e.